The number of rotatable bonds is 6. The van der Waals surface area contributed by atoms with Crippen molar-refractivity contribution in [3.8, 4) is 0 Å². The first-order chi connectivity index (χ1) is 7.66. The molecule has 0 aromatic carbocycles. The van der Waals surface area contributed by atoms with Crippen molar-refractivity contribution in [2.24, 2.45) is 0 Å². The van der Waals surface area contributed by atoms with Crippen molar-refractivity contribution in [1.82, 2.24) is 4.90 Å². The molecule has 3 heteroatoms. The second-order valence-corrected chi connectivity index (χ2v) is 4.57. The number of carboxylic acids is 1. The van der Waals surface area contributed by atoms with Crippen molar-refractivity contribution in [3.05, 3.63) is 0 Å². The molecule has 1 aliphatic rings. The first-order valence-corrected chi connectivity index (χ1v) is 6.57. The molecule has 0 aromatic heterocycles. The van der Waals surface area contributed by atoms with Gasteiger partial charge in [-0.25, -0.2) is 0 Å². The summed E-state index contributed by atoms with van der Waals surface area (Å²) in [5, 5.41) is 8.27. The Kier molecular flexibility index (Phi) is 10.5. The molecule has 0 atom stereocenters. The van der Waals surface area contributed by atoms with Gasteiger partial charge in [0.15, 0.2) is 0 Å². The molecule has 1 fully saturated rings. The van der Waals surface area contributed by atoms with Gasteiger partial charge in [-0.1, -0.05) is 32.6 Å². The van der Waals surface area contributed by atoms with Gasteiger partial charge < -0.3 is 10.0 Å². The predicted molar refractivity (Wildman–Crippen MR) is 67.7 cm³/mol. The Morgan fingerprint density at radius 3 is 2.06 bits per heavy atom. The van der Waals surface area contributed by atoms with E-state index in [1.54, 1.807) is 0 Å². The Hall–Kier alpha value is -0.570. The molecular formula is C13H27NO2. The maximum Gasteiger partial charge on any atom is 0.303 e. The van der Waals surface area contributed by atoms with E-state index >= 15 is 0 Å². The molecule has 0 spiro atoms. The van der Waals surface area contributed by atoms with Gasteiger partial charge in [0.25, 0.3) is 0 Å². The highest BCUT2D eigenvalue weighted by atomic mass is 16.4. The van der Waals surface area contributed by atoms with Crippen molar-refractivity contribution in [2.45, 2.75) is 58.3 Å². The minimum atomic E-state index is -0.670. The van der Waals surface area contributed by atoms with Crippen LogP contribution in [-0.2, 0) is 4.79 Å². The number of unbranched alkanes of at least 4 members (excludes halogenated alkanes) is 4. The Balaban J connectivity index is 0.000000315. The number of likely N-dealkylation sites (tertiary alicyclic amines) is 1. The summed E-state index contributed by atoms with van der Waals surface area (Å²) in [5.41, 5.74) is 0. The van der Waals surface area contributed by atoms with E-state index in [0.29, 0.717) is 6.42 Å². The summed E-state index contributed by atoms with van der Waals surface area (Å²) < 4.78 is 0. The molecule has 0 amide bonds. The van der Waals surface area contributed by atoms with E-state index in [0.717, 1.165) is 12.8 Å². The van der Waals surface area contributed by atoms with Crippen molar-refractivity contribution in [1.29, 1.82) is 0 Å². The fourth-order valence-corrected chi connectivity index (χ4v) is 1.76. The van der Waals surface area contributed by atoms with Crippen LogP contribution in [0.1, 0.15) is 58.3 Å². The molecule has 1 aliphatic heterocycles. The van der Waals surface area contributed by atoms with Gasteiger partial charge in [-0.3, -0.25) is 4.79 Å². The van der Waals surface area contributed by atoms with Gasteiger partial charge in [-0.2, -0.15) is 0 Å². The van der Waals surface area contributed by atoms with Crippen LogP contribution < -0.4 is 0 Å². The van der Waals surface area contributed by atoms with Crippen LogP contribution >= 0.6 is 0 Å². The number of nitrogens with zero attached hydrogens (tertiary/aromatic N) is 1. The fourth-order valence-electron chi connectivity index (χ4n) is 1.76. The van der Waals surface area contributed by atoms with Gasteiger partial charge in [-0.15, -0.1) is 0 Å². The van der Waals surface area contributed by atoms with Crippen molar-refractivity contribution in [3.63, 3.8) is 0 Å². The molecule has 0 aliphatic carbocycles. The van der Waals surface area contributed by atoms with Gasteiger partial charge in [-0.05, 0) is 39.4 Å². The highest BCUT2D eigenvalue weighted by Crippen LogP contribution is 2.04. The van der Waals surface area contributed by atoms with E-state index < -0.39 is 5.97 Å². The lowest BCUT2D eigenvalue weighted by atomic mass is 10.1. The summed E-state index contributed by atoms with van der Waals surface area (Å²) in [6.07, 6.45) is 8.71. The molecule has 0 saturated carbocycles. The van der Waals surface area contributed by atoms with Gasteiger partial charge in [0.1, 0.15) is 0 Å². The number of carbonyl (C=O) groups is 1. The standard InChI is InChI=1S/C8H16O2.C5H11N/c1-2-3-4-5-6-7-8(9)10;1-6-4-2-3-5-6/h2-7H2,1H3,(H,9,10);2-5H2,1H3. The van der Waals surface area contributed by atoms with Gasteiger partial charge >= 0.3 is 5.97 Å². The molecule has 96 valence electrons. The van der Waals surface area contributed by atoms with E-state index in [1.165, 1.54) is 45.2 Å². The van der Waals surface area contributed by atoms with E-state index in [1.807, 2.05) is 0 Å². The average molecular weight is 229 g/mol. The third kappa shape index (κ3) is 11.5. The topological polar surface area (TPSA) is 40.5 Å². The summed E-state index contributed by atoms with van der Waals surface area (Å²) in [4.78, 5) is 12.4. The van der Waals surface area contributed by atoms with E-state index in [2.05, 4.69) is 18.9 Å². The first-order valence-electron chi connectivity index (χ1n) is 6.57. The van der Waals surface area contributed by atoms with Crippen molar-refractivity contribution >= 4 is 5.97 Å². The molecule has 0 unspecified atom stereocenters. The minimum absolute atomic E-state index is 0.337. The predicted octanol–water partition coefficient (Wildman–Crippen LogP) is 3.14. The molecule has 1 heterocycles. The summed E-state index contributed by atoms with van der Waals surface area (Å²) in [6, 6.07) is 0. The van der Waals surface area contributed by atoms with Crippen LogP contribution in [-0.4, -0.2) is 36.1 Å². The highest BCUT2D eigenvalue weighted by Gasteiger charge is 2.03. The SMILES string of the molecule is CCCCCCCC(=O)O.CN1CCCC1. The molecule has 1 rings (SSSR count). The molecule has 1 saturated heterocycles. The quantitative estimate of drug-likeness (QED) is 0.711. The van der Waals surface area contributed by atoms with Crippen molar-refractivity contribution < 1.29 is 9.90 Å². The zero-order chi connectivity index (χ0) is 12.2. The Morgan fingerprint density at radius 2 is 1.69 bits per heavy atom. The zero-order valence-corrected chi connectivity index (χ0v) is 10.9. The molecule has 0 radical (unpaired) electrons. The summed E-state index contributed by atoms with van der Waals surface area (Å²) in [6.45, 7) is 4.79. The third-order valence-corrected chi connectivity index (χ3v) is 2.82. The Bertz CT molecular complexity index is 165. The largest absolute Gasteiger partial charge is 0.481 e. The Labute approximate surface area is 99.8 Å². The van der Waals surface area contributed by atoms with Crippen LogP contribution in [0, 0.1) is 0 Å². The van der Waals surface area contributed by atoms with Crippen molar-refractivity contribution in [2.75, 3.05) is 20.1 Å². The summed E-state index contributed by atoms with van der Waals surface area (Å²) in [5.74, 6) is -0.670. The lowest BCUT2D eigenvalue weighted by molar-refractivity contribution is -0.137. The fraction of sp³-hybridized carbons (Fsp3) is 0.923. The van der Waals surface area contributed by atoms with Crippen LogP contribution in [0.25, 0.3) is 0 Å². The highest BCUT2D eigenvalue weighted by molar-refractivity contribution is 5.66. The molecule has 0 aromatic rings. The number of hydrogen-bond acceptors (Lipinski definition) is 2. The van der Waals surface area contributed by atoms with E-state index in [-0.39, 0.29) is 0 Å². The number of aliphatic carboxylic acids is 1. The zero-order valence-electron chi connectivity index (χ0n) is 10.9. The maximum atomic E-state index is 10.0. The number of carboxylic acid groups (broad SMARTS) is 1. The maximum absolute atomic E-state index is 10.0. The van der Waals surface area contributed by atoms with Crippen LogP contribution in [0.2, 0.25) is 0 Å². The normalized spacial score (nSPS) is 15.6. The van der Waals surface area contributed by atoms with Crippen LogP contribution in [0.15, 0.2) is 0 Å². The second-order valence-electron chi connectivity index (χ2n) is 4.57. The lowest BCUT2D eigenvalue weighted by Gasteiger charge is -2.01. The summed E-state index contributed by atoms with van der Waals surface area (Å²) in [7, 11) is 2.17. The van der Waals surface area contributed by atoms with Crippen LogP contribution in [0.5, 0.6) is 0 Å². The van der Waals surface area contributed by atoms with Crippen LogP contribution in [0.3, 0.4) is 0 Å². The minimum Gasteiger partial charge on any atom is -0.481 e. The molecule has 0 bridgehead atoms. The van der Waals surface area contributed by atoms with E-state index in [9.17, 15) is 4.79 Å². The van der Waals surface area contributed by atoms with E-state index in [4.69, 9.17) is 5.11 Å². The van der Waals surface area contributed by atoms with Gasteiger partial charge in [0.2, 0.25) is 0 Å². The average Bonchev–Trinajstić information content (AvgIpc) is 2.69. The molecule has 3 nitrogen and oxygen atoms in total. The first kappa shape index (κ1) is 15.4. The molecular weight excluding hydrogens is 202 g/mol. The third-order valence-electron chi connectivity index (χ3n) is 2.82. The summed E-state index contributed by atoms with van der Waals surface area (Å²) >= 11 is 0. The second kappa shape index (κ2) is 10.9. The van der Waals surface area contributed by atoms with Gasteiger partial charge in [0, 0.05) is 6.42 Å². The molecule has 16 heavy (non-hydrogen) atoms. The smallest absolute Gasteiger partial charge is 0.303 e. The van der Waals surface area contributed by atoms with Gasteiger partial charge in [0.05, 0.1) is 0 Å². The Morgan fingerprint density at radius 1 is 1.12 bits per heavy atom. The van der Waals surface area contributed by atoms with Crippen LogP contribution in [0.4, 0.5) is 0 Å². The molecule has 1 N–H and O–H groups in total. The monoisotopic (exact) mass is 229 g/mol. The lowest BCUT2D eigenvalue weighted by Crippen LogP contribution is -2.10. The number of hydrogen-bond donors (Lipinski definition) is 1.